The summed E-state index contributed by atoms with van der Waals surface area (Å²) in [5, 5.41) is 0. The van der Waals surface area contributed by atoms with Crippen LogP contribution in [0, 0.1) is 11.8 Å². The number of rotatable bonds is 5. The molecule has 0 aromatic carbocycles. The van der Waals surface area contributed by atoms with Crippen molar-refractivity contribution in [2.45, 2.75) is 52.0 Å². The Morgan fingerprint density at radius 3 is 2.45 bits per heavy atom. The van der Waals surface area contributed by atoms with Gasteiger partial charge in [-0.3, -0.25) is 0 Å². The number of hydrogen-bond donors (Lipinski definition) is 1. The Kier molecular flexibility index (Phi) is 3.38. The highest BCUT2D eigenvalue weighted by atomic mass is 14.6. The molecule has 2 N–H and O–H groups in total. The monoisotopic (exact) mass is 155 g/mol. The van der Waals surface area contributed by atoms with Crippen LogP contribution < -0.4 is 5.73 Å². The van der Waals surface area contributed by atoms with Crippen LogP contribution in [0.4, 0.5) is 0 Å². The van der Waals surface area contributed by atoms with Gasteiger partial charge in [0.1, 0.15) is 0 Å². The van der Waals surface area contributed by atoms with Crippen molar-refractivity contribution in [2.75, 3.05) is 0 Å². The predicted molar refractivity (Wildman–Crippen MR) is 49.4 cm³/mol. The summed E-state index contributed by atoms with van der Waals surface area (Å²) in [7, 11) is 0. The molecule has 0 spiro atoms. The predicted octanol–water partition coefficient (Wildman–Crippen LogP) is 2.55. The fourth-order valence-electron chi connectivity index (χ4n) is 1.58. The fraction of sp³-hybridized carbons (Fsp3) is 1.00. The molecule has 1 aliphatic rings. The summed E-state index contributed by atoms with van der Waals surface area (Å²) < 4.78 is 0. The molecule has 1 nitrogen and oxygen atoms in total. The molecule has 1 fully saturated rings. The Morgan fingerprint density at radius 2 is 2.00 bits per heavy atom. The van der Waals surface area contributed by atoms with E-state index in [4.69, 9.17) is 5.73 Å². The van der Waals surface area contributed by atoms with E-state index in [2.05, 4.69) is 13.8 Å². The summed E-state index contributed by atoms with van der Waals surface area (Å²) in [5.41, 5.74) is 5.95. The highest BCUT2D eigenvalue weighted by molar-refractivity contribution is 4.75. The van der Waals surface area contributed by atoms with Gasteiger partial charge < -0.3 is 5.73 Å². The second kappa shape index (κ2) is 4.10. The van der Waals surface area contributed by atoms with Crippen LogP contribution in [0.3, 0.4) is 0 Å². The highest BCUT2D eigenvalue weighted by Crippen LogP contribution is 2.34. The Morgan fingerprint density at radius 1 is 1.36 bits per heavy atom. The van der Waals surface area contributed by atoms with Gasteiger partial charge in [-0.1, -0.05) is 26.7 Å². The first-order valence-corrected chi connectivity index (χ1v) is 4.94. The lowest BCUT2D eigenvalue weighted by atomic mass is 9.99. The van der Waals surface area contributed by atoms with Crippen molar-refractivity contribution in [3.63, 3.8) is 0 Å². The molecule has 0 aromatic rings. The van der Waals surface area contributed by atoms with Crippen molar-refractivity contribution in [3.05, 3.63) is 0 Å². The maximum Gasteiger partial charge on any atom is 0.00413 e. The first-order valence-electron chi connectivity index (χ1n) is 4.94. The standard InChI is InChI=1S/C10H21N/c1-8(2)7-10(11)6-5-9-3-4-9/h8-10H,3-7,11H2,1-2H3. The van der Waals surface area contributed by atoms with E-state index in [0.717, 1.165) is 11.8 Å². The van der Waals surface area contributed by atoms with E-state index in [-0.39, 0.29) is 0 Å². The molecular formula is C10H21N. The molecule has 0 aromatic heterocycles. The van der Waals surface area contributed by atoms with Gasteiger partial charge in [-0.15, -0.1) is 0 Å². The molecule has 1 atom stereocenters. The quantitative estimate of drug-likeness (QED) is 0.648. The van der Waals surface area contributed by atoms with E-state index in [1.165, 1.54) is 32.1 Å². The van der Waals surface area contributed by atoms with E-state index in [1.54, 1.807) is 0 Å². The maximum atomic E-state index is 5.95. The van der Waals surface area contributed by atoms with Crippen molar-refractivity contribution in [1.82, 2.24) is 0 Å². The van der Waals surface area contributed by atoms with Crippen LogP contribution in [0.25, 0.3) is 0 Å². The van der Waals surface area contributed by atoms with Crippen LogP contribution >= 0.6 is 0 Å². The Balaban J connectivity index is 1.95. The third-order valence-electron chi connectivity index (χ3n) is 2.42. The molecule has 1 aliphatic carbocycles. The van der Waals surface area contributed by atoms with Crippen molar-refractivity contribution >= 4 is 0 Å². The summed E-state index contributed by atoms with van der Waals surface area (Å²) in [6.45, 7) is 4.49. The van der Waals surface area contributed by atoms with Gasteiger partial charge in [-0.05, 0) is 31.1 Å². The lowest BCUT2D eigenvalue weighted by molar-refractivity contribution is 0.453. The highest BCUT2D eigenvalue weighted by Gasteiger charge is 2.21. The van der Waals surface area contributed by atoms with Crippen LogP contribution in [0.5, 0.6) is 0 Å². The first kappa shape index (κ1) is 9.05. The lowest BCUT2D eigenvalue weighted by Crippen LogP contribution is -2.21. The molecule has 0 bridgehead atoms. The summed E-state index contributed by atoms with van der Waals surface area (Å²) in [6.07, 6.45) is 6.77. The second-order valence-corrected chi connectivity index (χ2v) is 4.41. The Labute approximate surface area is 70.4 Å². The fourth-order valence-corrected chi connectivity index (χ4v) is 1.58. The van der Waals surface area contributed by atoms with Gasteiger partial charge in [0.25, 0.3) is 0 Å². The van der Waals surface area contributed by atoms with Gasteiger partial charge in [0.2, 0.25) is 0 Å². The van der Waals surface area contributed by atoms with Crippen LogP contribution in [-0.2, 0) is 0 Å². The molecule has 0 aliphatic heterocycles. The van der Waals surface area contributed by atoms with Crippen LogP contribution in [0.15, 0.2) is 0 Å². The van der Waals surface area contributed by atoms with Crippen LogP contribution in [0.1, 0.15) is 46.0 Å². The van der Waals surface area contributed by atoms with Crippen molar-refractivity contribution in [1.29, 1.82) is 0 Å². The third-order valence-corrected chi connectivity index (χ3v) is 2.42. The van der Waals surface area contributed by atoms with Crippen molar-refractivity contribution in [2.24, 2.45) is 17.6 Å². The molecule has 66 valence electrons. The van der Waals surface area contributed by atoms with Gasteiger partial charge in [-0.2, -0.15) is 0 Å². The molecule has 1 heteroatoms. The first-order chi connectivity index (χ1) is 5.18. The second-order valence-electron chi connectivity index (χ2n) is 4.41. The summed E-state index contributed by atoms with van der Waals surface area (Å²) >= 11 is 0. The molecule has 0 radical (unpaired) electrons. The van der Waals surface area contributed by atoms with Gasteiger partial charge in [0.15, 0.2) is 0 Å². The van der Waals surface area contributed by atoms with E-state index < -0.39 is 0 Å². The van der Waals surface area contributed by atoms with E-state index in [1.807, 2.05) is 0 Å². The SMILES string of the molecule is CC(C)CC(N)CCC1CC1. The zero-order chi connectivity index (χ0) is 8.27. The van der Waals surface area contributed by atoms with E-state index >= 15 is 0 Å². The maximum absolute atomic E-state index is 5.95. The number of hydrogen-bond acceptors (Lipinski definition) is 1. The van der Waals surface area contributed by atoms with Gasteiger partial charge in [0, 0.05) is 6.04 Å². The molecule has 1 saturated carbocycles. The Bertz CT molecular complexity index is 105. The zero-order valence-electron chi connectivity index (χ0n) is 7.84. The summed E-state index contributed by atoms with van der Waals surface area (Å²) in [6, 6.07) is 0.468. The third kappa shape index (κ3) is 4.41. The zero-order valence-corrected chi connectivity index (χ0v) is 7.84. The molecule has 11 heavy (non-hydrogen) atoms. The average molecular weight is 155 g/mol. The van der Waals surface area contributed by atoms with Crippen LogP contribution in [0.2, 0.25) is 0 Å². The minimum atomic E-state index is 0.468. The molecule has 1 rings (SSSR count). The normalized spacial score (nSPS) is 20.7. The van der Waals surface area contributed by atoms with Crippen molar-refractivity contribution in [3.8, 4) is 0 Å². The lowest BCUT2D eigenvalue weighted by Gasteiger charge is -2.12. The summed E-state index contributed by atoms with van der Waals surface area (Å²) in [5.74, 6) is 1.82. The topological polar surface area (TPSA) is 26.0 Å². The van der Waals surface area contributed by atoms with Crippen molar-refractivity contribution < 1.29 is 0 Å². The molecule has 0 heterocycles. The van der Waals surface area contributed by atoms with Crippen LogP contribution in [-0.4, -0.2) is 6.04 Å². The molecule has 1 unspecified atom stereocenters. The summed E-state index contributed by atoms with van der Waals surface area (Å²) in [4.78, 5) is 0. The molecule has 0 amide bonds. The van der Waals surface area contributed by atoms with Gasteiger partial charge in [0.05, 0.1) is 0 Å². The van der Waals surface area contributed by atoms with Gasteiger partial charge >= 0.3 is 0 Å². The van der Waals surface area contributed by atoms with E-state index in [9.17, 15) is 0 Å². The minimum Gasteiger partial charge on any atom is -0.328 e. The smallest absolute Gasteiger partial charge is 0.00413 e. The average Bonchev–Trinajstić information content (AvgIpc) is 2.63. The minimum absolute atomic E-state index is 0.468. The number of nitrogens with two attached hydrogens (primary N) is 1. The van der Waals surface area contributed by atoms with Gasteiger partial charge in [-0.25, -0.2) is 0 Å². The molecular weight excluding hydrogens is 134 g/mol. The largest absolute Gasteiger partial charge is 0.328 e. The van der Waals surface area contributed by atoms with E-state index in [0.29, 0.717) is 6.04 Å². The molecule has 0 saturated heterocycles. The Hall–Kier alpha value is -0.0400.